The number of halogens is 1. The van der Waals surface area contributed by atoms with Gasteiger partial charge in [-0.1, -0.05) is 0 Å². The van der Waals surface area contributed by atoms with Crippen LogP contribution in [0.5, 0.6) is 0 Å². The first-order valence-corrected chi connectivity index (χ1v) is 5.37. The molecule has 0 heterocycles. The van der Waals surface area contributed by atoms with Crippen LogP contribution in [0.3, 0.4) is 0 Å². The first kappa shape index (κ1) is 12.7. The van der Waals surface area contributed by atoms with Gasteiger partial charge in [-0.3, -0.25) is 4.79 Å². The quantitative estimate of drug-likeness (QED) is 0.659. The molecule has 5 nitrogen and oxygen atoms in total. The molecule has 0 bridgehead atoms. The lowest BCUT2D eigenvalue weighted by Crippen LogP contribution is -2.60. The van der Waals surface area contributed by atoms with Crippen LogP contribution in [0.4, 0.5) is 0 Å². The van der Waals surface area contributed by atoms with Crippen LogP contribution in [-0.4, -0.2) is 36.5 Å². The van der Waals surface area contributed by atoms with Crippen molar-refractivity contribution in [2.45, 2.75) is 23.6 Å². The predicted molar refractivity (Wildman–Crippen MR) is 49.7 cm³/mol. The van der Waals surface area contributed by atoms with Gasteiger partial charge >= 0.3 is 5.97 Å². The average molecular weight is 230 g/mol. The Morgan fingerprint density at radius 3 is 2.00 bits per heavy atom. The van der Waals surface area contributed by atoms with Gasteiger partial charge in [0.05, 0.1) is 0 Å². The van der Waals surface area contributed by atoms with Crippen LogP contribution < -0.4 is 5.73 Å². The van der Waals surface area contributed by atoms with Gasteiger partial charge in [-0.15, -0.1) is 12.4 Å². The van der Waals surface area contributed by atoms with Crippen molar-refractivity contribution >= 4 is 28.2 Å². The van der Waals surface area contributed by atoms with E-state index in [1.165, 1.54) is 0 Å². The molecule has 0 atom stereocenters. The summed E-state index contributed by atoms with van der Waals surface area (Å²) in [5, 5.41) is 8.70. The normalized spacial score (nSPS) is 32.9. The number of carboxylic acids is 1. The molecule has 0 unspecified atom stereocenters. The summed E-state index contributed by atoms with van der Waals surface area (Å²) in [6.45, 7) is 0. The first-order valence-electron chi connectivity index (χ1n) is 3.48. The fourth-order valence-corrected chi connectivity index (χ4v) is 2.77. The Labute approximate surface area is 82.6 Å². The average Bonchev–Trinajstić information content (AvgIpc) is 1.76. The van der Waals surface area contributed by atoms with Crippen molar-refractivity contribution in [3.8, 4) is 0 Å². The third-order valence-electron chi connectivity index (χ3n) is 2.28. The van der Waals surface area contributed by atoms with Crippen LogP contribution in [0.1, 0.15) is 12.8 Å². The van der Waals surface area contributed by atoms with Crippen molar-refractivity contribution in [2.75, 3.05) is 6.26 Å². The Morgan fingerprint density at radius 2 is 1.92 bits per heavy atom. The van der Waals surface area contributed by atoms with Gasteiger partial charge in [-0.25, -0.2) is 8.42 Å². The van der Waals surface area contributed by atoms with E-state index >= 15 is 0 Å². The number of carbonyl (C=O) groups is 1. The summed E-state index contributed by atoms with van der Waals surface area (Å²) >= 11 is 0. The van der Waals surface area contributed by atoms with E-state index in [9.17, 15) is 13.2 Å². The Bertz CT molecular complexity index is 307. The SMILES string of the molecule is CS(=O)(=O)C1(C(=O)O)CC(N)C1.Cl. The maximum atomic E-state index is 11.1. The predicted octanol–water partition coefficient (Wildman–Crippen LogP) is -0.603. The highest BCUT2D eigenvalue weighted by Crippen LogP contribution is 2.38. The van der Waals surface area contributed by atoms with Gasteiger partial charge in [-0.2, -0.15) is 0 Å². The first-order chi connectivity index (χ1) is 5.29. The van der Waals surface area contributed by atoms with Gasteiger partial charge < -0.3 is 10.8 Å². The van der Waals surface area contributed by atoms with Crippen LogP contribution in [0, 0.1) is 0 Å². The van der Waals surface area contributed by atoms with E-state index < -0.39 is 20.6 Å². The monoisotopic (exact) mass is 229 g/mol. The summed E-state index contributed by atoms with van der Waals surface area (Å²) in [5.41, 5.74) is 5.36. The molecule has 0 aromatic carbocycles. The second-order valence-electron chi connectivity index (χ2n) is 3.24. The molecule has 0 saturated heterocycles. The standard InChI is InChI=1S/C6H11NO4S.ClH/c1-12(10,11)6(5(8)9)2-4(7)3-6;/h4H,2-3,7H2,1H3,(H,8,9);1H. The molecule has 0 aromatic rings. The molecule has 1 fully saturated rings. The molecule has 1 saturated carbocycles. The molecule has 3 N–H and O–H groups in total. The molecule has 0 amide bonds. The molecule has 7 heteroatoms. The lowest BCUT2D eigenvalue weighted by atomic mass is 9.80. The van der Waals surface area contributed by atoms with E-state index in [2.05, 4.69) is 0 Å². The van der Waals surface area contributed by atoms with Crippen molar-refractivity contribution in [1.29, 1.82) is 0 Å². The zero-order valence-corrected chi connectivity index (χ0v) is 8.69. The Balaban J connectivity index is 0.00000144. The van der Waals surface area contributed by atoms with Crippen molar-refractivity contribution in [3.63, 3.8) is 0 Å². The molecule has 0 radical (unpaired) electrons. The van der Waals surface area contributed by atoms with E-state index in [0.717, 1.165) is 6.26 Å². The molecule has 1 aliphatic rings. The van der Waals surface area contributed by atoms with E-state index in [1.807, 2.05) is 0 Å². The third kappa shape index (κ3) is 1.79. The van der Waals surface area contributed by atoms with E-state index in [1.54, 1.807) is 0 Å². The lowest BCUT2D eigenvalue weighted by molar-refractivity contribution is -0.142. The summed E-state index contributed by atoms with van der Waals surface area (Å²) in [6, 6.07) is -0.296. The molecule has 0 aliphatic heterocycles. The number of sulfone groups is 1. The molecular formula is C6H12ClNO4S. The van der Waals surface area contributed by atoms with Gasteiger partial charge in [0.15, 0.2) is 14.6 Å². The topological polar surface area (TPSA) is 97.5 Å². The minimum absolute atomic E-state index is 0. The minimum Gasteiger partial charge on any atom is -0.480 e. The molecule has 0 spiro atoms. The van der Waals surface area contributed by atoms with Crippen LogP contribution in [-0.2, 0) is 14.6 Å². The second-order valence-corrected chi connectivity index (χ2v) is 5.57. The van der Waals surface area contributed by atoms with Gasteiger partial charge in [-0.05, 0) is 12.8 Å². The number of rotatable bonds is 2. The zero-order chi connectivity index (χ0) is 9.57. The van der Waals surface area contributed by atoms with Crippen molar-refractivity contribution < 1.29 is 18.3 Å². The molecule has 1 rings (SSSR count). The maximum Gasteiger partial charge on any atom is 0.325 e. The van der Waals surface area contributed by atoms with E-state index in [0.29, 0.717) is 0 Å². The largest absolute Gasteiger partial charge is 0.480 e. The maximum absolute atomic E-state index is 11.1. The Hall–Kier alpha value is -0.330. The molecule has 1 aliphatic carbocycles. The van der Waals surface area contributed by atoms with Crippen molar-refractivity contribution in [1.82, 2.24) is 0 Å². The smallest absolute Gasteiger partial charge is 0.325 e. The highest BCUT2D eigenvalue weighted by Gasteiger charge is 2.57. The number of hydrogen-bond donors (Lipinski definition) is 2. The lowest BCUT2D eigenvalue weighted by Gasteiger charge is -2.40. The number of nitrogens with two attached hydrogens (primary N) is 1. The fraction of sp³-hybridized carbons (Fsp3) is 0.833. The highest BCUT2D eigenvalue weighted by atomic mass is 35.5. The van der Waals surface area contributed by atoms with Gasteiger partial charge in [0.25, 0.3) is 0 Å². The van der Waals surface area contributed by atoms with Gasteiger partial charge in [0.1, 0.15) is 0 Å². The summed E-state index contributed by atoms with van der Waals surface area (Å²) in [7, 11) is -3.54. The van der Waals surface area contributed by atoms with Crippen LogP contribution in [0.2, 0.25) is 0 Å². The number of carboxylic acid groups (broad SMARTS) is 1. The number of hydrogen-bond acceptors (Lipinski definition) is 4. The van der Waals surface area contributed by atoms with Gasteiger partial charge in [0.2, 0.25) is 0 Å². The molecule has 0 aromatic heterocycles. The summed E-state index contributed by atoms with van der Waals surface area (Å²) < 4.78 is 20.6. The third-order valence-corrected chi connectivity index (χ3v) is 4.21. The molecule has 78 valence electrons. The van der Waals surface area contributed by atoms with Gasteiger partial charge in [0, 0.05) is 12.3 Å². The molecule has 13 heavy (non-hydrogen) atoms. The summed E-state index contributed by atoms with van der Waals surface area (Å²) in [6.07, 6.45) is 0.995. The minimum atomic E-state index is -3.54. The van der Waals surface area contributed by atoms with Crippen LogP contribution in [0.25, 0.3) is 0 Å². The fourth-order valence-electron chi connectivity index (χ4n) is 1.42. The van der Waals surface area contributed by atoms with Crippen LogP contribution in [0.15, 0.2) is 0 Å². The van der Waals surface area contributed by atoms with E-state index in [-0.39, 0.29) is 31.3 Å². The van der Waals surface area contributed by atoms with Crippen LogP contribution >= 0.6 is 12.4 Å². The molecular weight excluding hydrogens is 218 g/mol. The Kier molecular flexibility index (Phi) is 3.35. The second kappa shape index (κ2) is 3.43. The summed E-state index contributed by atoms with van der Waals surface area (Å²) in [5.74, 6) is -1.29. The Morgan fingerprint density at radius 1 is 1.54 bits per heavy atom. The summed E-state index contributed by atoms with van der Waals surface area (Å²) in [4.78, 5) is 10.7. The highest BCUT2D eigenvalue weighted by molar-refractivity contribution is 7.93. The van der Waals surface area contributed by atoms with Crippen molar-refractivity contribution in [3.05, 3.63) is 0 Å². The van der Waals surface area contributed by atoms with E-state index in [4.69, 9.17) is 10.8 Å². The van der Waals surface area contributed by atoms with Crippen molar-refractivity contribution in [2.24, 2.45) is 5.73 Å². The zero-order valence-electron chi connectivity index (χ0n) is 7.06. The number of aliphatic carboxylic acids is 1.